The van der Waals surface area contributed by atoms with Gasteiger partial charge < -0.3 is 9.47 Å². The van der Waals surface area contributed by atoms with Crippen molar-refractivity contribution in [2.75, 3.05) is 19.8 Å². The van der Waals surface area contributed by atoms with Gasteiger partial charge in [0.15, 0.2) is 18.1 Å². The minimum absolute atomic E-state index is 0.394. The van der Waals surface area contributed by atoms with E-state index in [0.717, 1.165) is 12.0 Å². The zero-order valence-electron chi connectivity index (χ0n) is 11.0. The van der Waals surface area contributed by atoms with Crippen LogP contribution >= 0.6 is 0 Å². The molecular weight excluding hydrogens is 275 g/mol. The Balaban J connectivity index is 1.96. The number of halogens is 3. The van der Waals surface area contributed by atoms with Crippen LogP contribution in [0.2, 0.25) is 0 Å². The topological polar surface area (TPSA) is 39.7 Å². The lowest BCUT2D eigenvalue weighted by Crippen LogP contribution is -2.26. The molecule has 1 aromatic rings. The molecule has 1 atom stereocenters. The molecule has 0 aliphatic carbocycles. The van der Waals surface area contributed by atoms with E-state index in [1.807, 2.05) is 0 Å². The number of nitrogens with one attached hydrogen (secondary N) is 1. The summed E-state index contributed by atoms with van der Waals surface area (Å²) in [5.74, 6) is 1.25. The molecule has 2 rings (SSSR count). The second kappa shape index (κ2) is 6.32. The monoisotopic (exact) mass is 291 g/mol. The first-order valence-electron chi connectivity index (χ1n) is 6.29. The molecule has 112 valence electrons. The highest BCUT2D eigenvalue weighted by atomic mass is 19.4. The van der Waals surface area contributed by atoms with Gasteiger partial charge in [-0.1, -0.05) is 6.07 Å². The van der Waals surface area contributed by atoms with Crippen LogP contribution in [0.5, 0.6) is 11.5 Å². The summed E-state index contributed by atoms with van der Waals surface area (Å²) >= 11 is 0. The Morgan fingerprint density at radius 3 is 2.65 bits per heavy atom. The maximum absolute atomic E-state index is 12.0. The van der Waals surface area contributed by atoms with Gasteiger partial charge in [-0.25, -0.2) is 0 Å². The van der Waals surface area contributed by atoms with Crippen LogP contribution in [0.4, 0.5) is 13.2 Å². The van der Waals surface area contributed by atoms with Gasteiger partial charge in [-0.15, -0.1) is 0 Å². The molecule has 0 radical (unpaired) electrons. The van der Waals surface area contributed by atoms with Crippen molar-refractivity contribution in [3.05, 3.63) is 23.8 Å². The van der Waals surface area contributed by atoms with Crippen LogP contribution in [0.1, 0.15) is 24.9 Å². The molecular formula is C13H16F3NO3. The quantitative estimate of drug-likeness (QED) is 0.866. The fourth-order valence-corrected chi connectivity index (χ4v) is 1.77. The smallest absolute Gasteiger partial charge is 0.413 e. The molecule has 1 aliphatic heterocycles. The van der Waals surface area contributed by atoms with Crippen LogP contribution in [-0.4, -0.2) is 26.0 Å². The summed E-state index contributed by atoms with van der Waals surface area (Å²) in [5, 5.41) is 0. The van der Waals surface area contributed by atoms with Gasteiger partial charge in [0, 0.05) is 6.42 Å². The molecule has 0 amide bonds. The number of rotatable bonds is 4. The summed E-state index contributed by atoms with van der Waals surface area (Å²) in [6, 6.07) is 4.87. The molecule has 7 heteroatoms. The molecule has 1 heterocycles. The van der Waals surface area contributed by atoms with Gasteiger partial charge in [0.1, 0.15) is 0 Å². The minimum Gasteiger partial charge on any atom is -0.490 e. The molecule has 0 aromatic heterocycles. The van der Waals surface area contributed by atoms with Gasteiger partial charge in [-0.3, -0.25) is 4.84 Å². The third-order valence-corrected chi connectivity index (χ3v) is 2.77. The van der Waals surface area contributed by atoms with Gasteiger partial charge >= 0.3 is 6.18 Å². The van der Waals surface area contributed by atoms with E-state index in [-0.39, 0.29) is 0 Å². The van der Waals surface area contributed by atoms with Gasteiger partial charge in [-0.2, -0.15) is 18.7 Å². The SMILES string of the molecule is CC(NOCC(F)(F)F)c1ccc2c(c1)OCCCO2. The highest BCUT2D eigenvalue weighted by Crippen LogP contribution is 2.32. The number of hydroxylamine groups is 1. The van der Waals surface area contributed by atoms with Crippen molar-refractivity contribution in [1.82, 2.24) is 5.48 Å². The Morgan fingerprint density at radius 1 is 1.25 bits per heavy atom. The van der Waals surface area contributed by atoms with E-state index in [4.69, 9.17) is 9.47 Å². The lowest BCUT2D eigenvalue weighted by Gasteiger charge is -2.16. The Hall–Kier alpha value is -1.47. The van der Waals surface area contributed by atoms with Crippen LogP contribution < -0.4 is 15.0 Å². The first-order chi connectivity index (χ1) is 9.46. The van der Waals surface area contributed by atoms with Gasteiger partial charge in [0.05, 0.1) is 19.3 Å². The van der Waals surface area contributed by atoms with E-state index < -0.39 is 18.8 Å². The van der Waals surface area contributed by atoms with E-state index in [1.54, 1.807) is 25.1 Å². The second-order valence-electron chi connectivity index (χ2n) is 4.50. The molecule has 0 fully saturated rings. The van der Waals surface area contributed by atoms with Crippen molar-refractivity contribution in [3.63, 3.8) is 0 Å². The van der Waals surface area contributed by atoms with E-state index in [2.05, 4.69) is 10.3 Å². The standard InChI is InChI=1S/C13H16F3NO3/c1-9(17-20-8-13(14,15)16)10-3-4-11-12(7-10)19-6-2-5-18-11/h3-4,7,9,17H,2,5-6,8H2,1H3. The zero-order chi connectivity index (χ0) is 14.6. The molecule has 0 saturated heterocycles. The summed E-state index contributed by atoms with van der Waals surface area (Å²) in [7, 11) is 0. The molecule has 0 saturated carbocycles. The first-order valence-corrected chi connectivity index (χ1v) is 6.29. The van der Waals surface area contributed by atoms with E-state index in [1.165, 1.54) is 0 Å². The molecule has 1 aromatic carbocycles. The number of fused-ring (bicyclic) bond motifs is 1. The Kier molecular flexibility index (Phi) is 4.72. The average Bonchev–Trinajstić information content (AvgIpc) is 2.61. The molecule has 4 nitrogen and oxygen atoms in total. The van der Waals surface area contributed by atoms with Gasteiger partial charge in [-0.05, 0) is 24.6 Å². The number of benzene rings is 1. The Bertz CT molecular complexity index is 451. The fraction of sp³-hybridized carbons (Fsp3) is 0.538. The van der Waals surface area contributed by atoms with E-state index in [9.17, 15) is 13.2 Å². The van der Waals surface area contributed by atoms with E-state index >= 15 is 0 Å². The van der Waals surface area contributed by atoms with Crippen LogP contribution in [-0.2, 0) is 4.84 Å². The summed E-state index contributed by atoms with van der Waals surface area (Å²) in [6.07, 6.45) is -3.55. The third kappa shape index (κ3) is 4.28. The van der Waals surface area contributed by atoms with Crippen molar-refractivity contribution in [2.45, 2.75) is 25.6 Å². The highest BCUT2D eigenvalue weighted by molar-refractivity contribution is 5.44. The predicted octanol–water partition coefficient (Wildman–Crippen LogP) is 2.99. The molecule has 0 spiro atoms. The summed E-state index contributed by atoms with van der Waals surface area (Å²) in [4.78, 5) is 4.44. The van der Waals surface area contributed by atoms with Crippen LogP contribution in [0.15, 0.2) is 18.2 Å². The summed E-state index contributed by atoms with van der Waals surface area (Å²) in [6.45, 7) is 1.52. The maximum Gasteiger partial charge on any atom is 0.413 e. The van der Waals surface area contributed by atoms with Gasteiger partial charge in [0.25, 0.3) is 0 Å². The Morgan fingerprint density at radius 2 is 1.95 bits per heavy atom. The average molecular weight is 291 g/mol. The highest BCUT2D eigenvalue weighted by Gasteiger charge is 2.28. The van der Waals surface area contributed by atoms with Crippen molar-refractivity contribution in [3.8, 4) is 11.5 Å². The number of hydrogen-bond donors (Lipinski definition) is 1. The van der Waals surface area contributed by atoms with Crippen molar-refractivity contribution in [1.29, 1.82) is 0 Å². The summed E-state index contributed by atoms with van der Waals surface area (Å²) in [5.41, 5.74) is 3.12. The molecule has 0 bridgehead atoms. The normalized spacial score (nSPS) is 16.6. The van der Waals surface area contributed by atoms with E-state index in [0.29, 0.717) is 24.7 Å². The first kappa shape index (κ1) is 14.9. The largest absolute Gasteiger partial charge is 0.490 e. The Labute approximate surface area is 114 Å². The van der Waals surface area contributed by atoms with Crippen molar-refractivity contribution < 1.29 is 27.5 Å². The molecule has 1 aliphatic rings. The van der Waals surface area contributed by atoms with Crippen molar-refractivity contribution >= 4 is 0 Å². The number of alkyl halides is 3. The third-order valence-electron chi connectivity index (χ3n) is 2.77. The minimum atomic E-state index is -4.35. The number of hydrogen-bond acceptors (Lipinski definition) is 4. The lowest BCUT2D eigenvalue weighted by atomic mass is 10.1. The van der Waals surface area contributed by atoms with Crippen molar-refractivity contribution in [2.24, 2.45) is 0 Å². The van der Waals surface area contributed by atoms with Crippen LogP contribution in [0.25, 0.3) is 0 Å². The van der Waals surface area contributed by atoms with Crippen LogP contribution in [0, 0.1) is 0 Å². The number of ether oxygens (including phenoxy) is 2. The molecule has 1 unspecified atom stereocenters. The van der Waals surface area contributed by atoms with Gasteiger partial charge in [0.2, 0.25) is 0 Å². The van der Waals surface area contributed by atoms with Crippen LogP contribution in [0.3, 0.4) is 0 Å². The second-order valence-corrected chi connectivity index (χ2v) is 4.50. The zero-order valence-corrected chi connectivity index (χ0v) is 11.0. The molecule has 1 N–H and O–H groups in total. The fourth-order valence-electron chi connectivity index (χ4n) is 1.77. The lowest BCUT2D eigenvalue weighted by molar-refractivity contribution is -0.192. The predicted molar refractivity (Wildman–Crippen MR) is 65.6 cm³/mol. The molecule has 20 heavy (non-hydrogen) atoms. The summed E-state index contributed by atoms with van der Waals surface area (Å²) < 4.78 is 46.9. The maximum atomic E-state index is 12.0.